The van der Waals surface area contributed by atoms with E-state index in [1.54, 1.807) is 16.9 Å². The van der Waals surface area contributed by atoms with E-state index < -0.39 is 0 Å². The summed E-state index contributed by atoms with van der Waals surface area (Å²) >= 11 is 0. The number of aromatic nitrogens is 6. The fourth-order valence-electron chi connectivity index (χ4n) is 3.66. The molecule has 0 bridgehead atoms. The molecule has 1 amide bonds. The molecule has 27 heavy (non-hydrogen) atoms. The Labute approximate surface area is 157 Å². The summed E-state index contributed by atoms with van der Waals surface area (Å²) in [5.41, 5.74) is 1.17. The van der Waals surface area contributed by atoms with Crippen molar-refractivity contribution in [1.29, 1.82) is 0 Å². The van der Waals surface area contributed by atoms with Gasteiger partial charge in [0, 0.05) is 32.3 Å². The number of carbonyl (C=O) groups excluding carboxylic acids is 1. The highest BCUT2D eigenvalue weighted by Crippen LogP contribution is 2.27. The van der Waals surface area contributed by atoms with Gasteiger partial charge in [-0.05, 0) is 39.1 Å². The summed E-state index contributed by atoms with van der Waals surface area (Å²) in [4.78, 5) is 21.3. The molecule has 4 rings (SSSR count). The highest BCUT2D eigenvalue weighted by molar-refractivity contribution is 5.93. The van der Waals surface area contributed by atoms with Gasteiger partial charge in [0.15, 0.2) is 11.3 Å². The number of likely N-dealkylation sites (tertiary alicyclic amines) is 1. The van der Waals surface area contributed by atoms with Gasteiger partial charge >= 0.3 is 0 Å². The second kappa shape index (κ2) is 7.07. The summed E-state index contributed by atoms with van der Waals surface area (Å²) in [6.07, 6.45) is 5.21. The molecule has 0 unspecified atom stereocenters. The summed E-state index contributed by atoms with van der Waals surface area (Å²) < 4.78 is 3.66. The predicted octanol–water partition coefficient (Wildman–Crippen LogP) is 0.939. The molecule has 4 heterocycles. The third kappa shape index (κ3) is 3.30. The number of rotatable bonds is 4. The van der Waals surface area contributed by atoms with E-state index >= 15 is 0 Å². The molecule has 0 N–H and O–H groups in total. The van der Waals surface area contributed by atoms with Crippen molar-refractivity contribution in [2.24, 2.45) is 7.05 Å². The molecule has 0 saturated carbocycles. The zero-order valence-electron chi connectivity index (χ0n) is 15.9. The molecule has 0 spiro atoms. The Kier molecular flexibility index (Phi) is 4.61. The first-order valence-electron chi connectivity index (χ1n) is 9.15. The Morgan fingerprint density at radius 3 is 3.00 bits per heavy atom. The molecule has 1 saturated heterocycles. The van der Waals surface area contributed by atoms with Crippen LogP contribution in [0.4, 0.5) is 0 Å². The largest absolute Gasteiger partial charge is 0.337 e. The van der Waals surface area contributed by atoms with Crippen LogP contribution in [0.25, 0.3) is 5.65 Å². The minimum Gasteiger partial charge on any atom is -0.337 e. The smallest absolute Gasteiger partial charge is 0.274 e. The summed E-state index contributed by atoms with van der Waals surface area (Å²) in [7, 11) is 6.03. The number of hydrogen-bond donors (Lipinski definition) is 0. The normalized spacial score (nSPS) is 17.8. The summed E-state index contributed by atoms with van der Waals surface area (Å²) in [6.45, 7) is 2.11. The number of fused-ring (bicyclic) bond motifs is 1. The van der Waals surface area contributed by atoms with Crippen molar-refractivity contribution in [1.82, 2.24) is 39.2 Å². The Morgan fingerprint density at radius 2 is 2.19 bits per heavy atom. The second-order valence-corrected chi connectivity index (χ2v) is 7.30. The van der Waals surface area contributed by atoms with Crippen LogP contribution in [-0.4, -0.2) is 72.3 Å². The fourth-order valence-corrected chi connectivity index (χ4v) is 3.66. The van der Waals surface area contributed by atoms with Crippen LogP contribution in [0.3, 0.4) is 0 Å². The van der Waals surface area contributed by atoms with E-state index in [2.05, 4.69) is 29.7 Å². The van der Waals surface area contributed by atoms with Gasteiger partial charge in [0.05, 0.1) is 12.7 Å². The number of imidazole rings is 1. The molecule has 3 aromatic rings. The van der Waals surface area contributed by atoms with Crippen molar-refractivity contribution in [3.8, 4) is 0 Å². The SMILES string of the molecule is CN(C)Cc1nnc([C@@H]2CCCN(C(=O)c3cnc4cccnn34)C2)n1C. The van der Waals surface area contributed by atoms with Gasteiger partial charge in [0.2, 0.25) is 0 Å². The molecular weight excluding hydrogens is 344 g/mol. The first-order chi connectivity index (χ1) is 13.0. The van der Waals surface area contributed by atoms with Crippen molar-refractivity contribution in [3.05, 3.63) is 41.9 Å². The third-order valence-electron chi connectivity index (χ3n) is 5.03. The number of nitrogens with zero attached hydrogens (tertiary/aromatic N) is 8. The van der Waals surface area contributed by atoms with Gasteiger partial charge in [0.1, 0.15) is 11.6 Å². The summed E-state index contributed by atoms with van der Waals surface area (Å²) in [5.74, 6) is 2.02. The number of hydrogen-bond acceptors (Lipinski definition) is 6. The lowest BCUT2D eigenvalue weighted by Gasteiger charge is -2.32. The van der Waals surface area contributed by atoms with Crippen molar-refractivity contribution in [3.63, 3.8) is 0 Å². The molecule has 9 heteroatoms. The van der Waals surface area contributed by atoms with Gasteiger partial charge in [-0.3, -0.25) is 4.79 Å². The molecule has 0 aliphatic carbocycles. The highest BCUT2D eigenvalue weighted by Gasteiger charge is 2.30. The summed E-state index contributed by atoms with van der Waals surface area (Å²) in [6, 6.07) is 3.65. The molecule has 1 fully saturated rings. The number of amides is 1. The standard InChI is InChI=1S/C18H24N8O/c1-23(2)12-16-21-22-17(24(16)3)13-6-5-9-25(11-13)18(27)14-10-19-15-7-4-8-20-26(14)15/h4,7-8,10,13H,5-6,9,11-12H2,1-3H3/t13-/m1/s1. The second-order valence-electron chi connectivity index (χ2n) is 7.30. The van der Waals surface area contributed by atoms with E-state index in [9.17, 15) is 4.79 Å². The highest BCUT2D eigenvalue weighted by atomic mass is 16.2. The quantitative estimate of drug-likeness (QED) is 0.681. The Hall–Kier alpha value is -2.81. The molecule has 1 aliphatic heterocycles. The predicted molar refractivity (Wildman–Crippen MR) is 99.3 cm³/mol. The van der Waals surface area contributed by atoms with E-state index in [4.69, 9.17) is 0 Å². The maximum atomic E-state index is 13.1. The molecule has 9 nitrogen and oxygen atoms in total. The maximum absolute atomic E-state index is 13.1. The van der Waals surface area contributed by atoms with Crippen molar-refractivity contribution in [2.45, 2.75) is 25.3 Å². The lowest BCUT2D eigenvalue weighted by atomic mass is 9.97. The van der Waals surface area contributed by atoms with Gasteiger partial charge < -0.3 is 14.4 Å². The van der Waals surface area contributed by atoms with Crippen LogP contribution >= 0.6 is 0 Å². The van der Waals surface area contributed by atoms with Crippen molar-refractivity contribution in [2.75, 3.05) is 27.2 Å². The monoisotopic (exact) mass is 368 g/mol. The van der Waals surface area contributed by atoms with Gasteiger partial charge in [0.25, 0.3) is 5.91 Å². The lowest BCUT2D eigenvalue weighted by Crippen LogP contribution is -2.40. The topological polar surface area (TPSA) is 84.5 Å². The molecule has 1 aliphatic rings. The van der Waals surface area contributed by atoms with Crippen LogP contribution in [0.1, 0.15) is 40.9 Å². The average Bonchev–Trinajstić information content (AvgIpc) is 3.25. The molecule has 1 atom stereocenters. The van der Waals surface area contributed by atoms with Crippen LogP contribution < -0.4 is 0 Å². The van der Waals surface area contributed by atoms with Gasteiger partial charge in [-0.25, -0.2) is 9.50 Å². The maximum Gasteiger partial charge on any atom is 0.274 e. The minimum absolute atomic E-state index is 0.0402. The van der Waals surface area contributed by atoms with Gasteiger partial charge in [-0.15, -0.1) is 10.2 Å². The number of carbonyl (C=O) groups is 1. The zero-order chi connectivity index (χ0) is 19.0. The lowest BCUT2D eigenvalue weighted by molar-refractivity contribution is 0.0695. The third-order valence-corrected chi connectivity index (χ3v) is 5.03. The zero-order valence-corrected chi connectivity index (χ0v) is 15.9. The molecule has 142 valence electrons. The van der Waals surface area contributed by atoms with Crippen molar-refractivity contribution < 1.29 is 4.79 Å². The van der Waals surface area contributed by atoms with E-state index in [0.717, 1.165) is 37.6 Å². The molecular formula is C18H24N8O. The van der Waals surface area contributed by atoms with Crippen LogP contribution in [0, 0.1) is 0 Å². The van der Waals surface area contributed by atoms with E-state index in [1.807, 2.05) is 38.2 Å². The van der Waals surface area contributed by atoms with Crippen LogP contribution in [0.15, 0.2) is 24.5 Å². The van der Waals surface area contributed by atoms with Crippen molar-refractivity contribution >= 4 is 11.6 Å². The van der Waals surface area contributed by atoms with Crippen LogP contribution in [-0.2, 0) is 13.6 Å². The van der Waals surface area contributed by atoms with E-state index in [0.29, 0.717) is 17.9 Å². The van der Waals surface area contributed by atoms with Crippen LogP contribution in [0.2, 0.25) is 0 Å². The molecule has 3 aromatic heterocycles. The molecule has 0 radical (unpaired) electrons. The minimum atomic E-state index is -0.0402. The molecule has 0 aromatic carbocycles. The van der Waals surface area contributed by atoms with Crippen LogP contribution in [0.5, 0.6) is 0 Å². The number of piperidine rings is 1. The van der Waals surface area contributed by atoms with Gasteiger partial charge in [-0.2, -0.15) is 5.10 Å². The first kappa shape index (κ1) is 17.6. The average molecular weight is 368 g/mol. The van der Waals surface area contributed by atoms with Gasteiger partial charge in [-0.1, -0.05) is 0 Å². The van der Waals surface area contributed by atoms with E-state index in [-0.39, 0.29) is 11.8 Å². The Morgan fingerprint density at radius 1 is 1.33 bits per heavy atom. The Balaban J connectivity index is 1.55. The Bertz CT molecular complexity index is 959. The summed E-state index contributed by atoms with van der Waals surface area (Å²) in [5, 5.41) is 13.0. The van der Waals surface area contributed by atoms with E-state index in [1.165, 1.54) is 0 Å². The first-order valence-corrected chi connectivity index (χ1v) is 9.15. The fraction of sp³-hybridized carbons (Fsp3) is 0.500.